The summed E-state index contributed by atoms with van der Waals surface area (Å²) < 4.78 is 0. The lowest BCUT2D eigenvalue weighted by Gasteiger charge is -2.05. The number of carboxylic acids is 1. The minimum atomic E-state index is -0.880. The van der Waals surface area contributed by atoms with Crippen LogP contribution in [0.15, 0.2) is 29.2 Å². The van der Waals surface area contributed by atoms with Crippen LogP contribution in [0.5, 0.6) is 0 Å². The second kappa shape index (κ2) is 7.42. The molecule has 19 heavy (non-hydrogen) atoms. The SMILES string of the molecule is CC(=O)NNC(=O)CSc1ccc(CC(=O)O)cc1. The normalized spacial score (nSPS) is 9.74. The van der Waals surface area contributed by atoms with Gasteiger partial charge in [-0.2, -0.15) is 0 Å². The van der Waals surface area contributed by atoms with Crippen molar-refractivity contribution < 1.29 is 19.5 Å². The standard InChI is InChI=1S/C12H14N2O4S/c1-8(15)13-14-11(16)7-19-10-4-2-9(3-5-10)6-12(17)18/h2-5H,6-7H2,1H3,(H,13,15)(H,14,16)(H,17,18). The van der Waals surface area contributed by atoms with Crippen molar-refractivity contribution in [2.75, 3.05) is 5.75 Å². The van der Waals surface area contributed by atoms with Crippen LogP contribution in [-0.4, -0.2) is 28.6 Å². The minimum Gasteiger partial charge on any atom is -0.481 e. The van der Waals surface area contributed by atoms with E-state index >= 15 is 0 Å². The topological polar surface area (TPSA) is 95.5 Å². The zero-order chi connectivity index (χ0) is 14.3. The van der Waals surface area contributed by atoms with E-state index in [0.29, 0.717) is 5.56 Å². The van der Waals surface area contributed by atoms with Crippen LogP contribution >= 0.6 is 11.8 Å². The lowest BCUT2D eigenvalue weighted by Crippen LogP contribution is -2.41. The molecule has 0 bridgehead atoms. The summed E-state index contributed by atoms with van der Waals surface area (Å²) in [6.45, 7) is 1.30. The number of carbonyl (C=O) groups excluding carboxylic acids is 2. The van der Waals surface area contributed by atoms with Gasteiger partial charge in [0.2, 0.25) is 11.8 Å². The number of benzene rings is 1. The number of aliphatic carboxylic acids is 1. The molecule has 7 heteroatoms. The average molecular weight is 282 g/mol. The molecule has 3 N–H and O–H groups in total. The predicted octanol–water partition coefficient (Wildman–Crippen LogP) is 0.573. The Bertz CT molecular complexity index is 473. The number of hydrogen-bond donors (Lipinski definition) is 3. The van der Waals surface area contributed by atoms with Crippen LogP contribution in [0.2, 0.25) is 0 Å². The van der Waals surface area contributed by atoms with Gasteiger partial charge in [0.25, 0.3) is 0 Å². The van der Waals surface area contributed by atoms with E-state index in [1.165, 1.54) is 18.7 Å². The van der Waals surface area contributed by atoms with Crippen molar-refractivity contribution in [1.29, 1.82) is 0 Å². The van der Waals surface area contributed by atoms with Gasteiger partial charge in [0, 0.05) is 11.8 Å². The maximum atomic E-state index is 11.3. The fourth-order valence-electron chi connectivity index (χ4n) is 1.22. The maximum Gasteiger partial charge on any atom is 0.307 e. The fourth-order valence-corrected chi connectivity index (χ4v) is 1.92. The smallest absolute Gasteiger partial charge is 0.307 e. The number of rotatable bonds is 5. The Labute approximate surface area is 114 Å². The van der Waals surface area contributed by atoms with E-state index < -0.39 is 5.97 Å². The molecule has 0 heterocycles. The van der Waals surface area contributed by atoms with E-state index in [4.69, 9.17) is 5.11 Å². The van der Waals surface area contributed by atoms with Gasteiger partial charge in [-0.05, 0) is 17.7 Å². The third kappa shape index (κ3) is 6.46. The van der Waals surface area contributed by atoms with E-state index in [2.05, 4.69) is 10.9 Å². The molecule has 0 aliphatic heterocycles. The molecule has 1 aromatic rings. The summed E-state index contributed by atoms with van der Waals surface area (Å²) in [4.78, 5) is 33.2. The van der Waals surface area contributed by atoms with Gasteiger partial charge >= 0.3 is 5.97 Å². The average Bonchev–Trinajstić information content (AvgIpc) is 2.35. The Balaban J connectivity index is 2.39. The second-order valence-corrected chi connectivity index (χ2v) is 4.78. The lowest BCUT2D eigenvalue weighted by molar-refractivity contribution is -0.136. The Kier molecular flexibility index (Phi) is 5.87. The summed E-state index contributed by atoms with van der Waals surface area (Å²) in [5.41, 5.74) is 5.16. The number of amides is 2. The lowest BCUT2D eigenvalue weighted by atomic mass is 10.2. The van der Waals surface area contributed by atoms with E-state index in [1.54, 1.807) is 24.3 Å². The van der Waals surface area contributed by atoms with Gasteiger partial charge in [-0.3, -0.25) is 25.2 Å². The van der Waals surface area contributed by atoms with Gasteiger partial charge < -0.3 is 5.11 Å². The Hall–Kier alpha value is -2.02. The number of carbonyl (C=O) groups is 3. The number of hydrazine groups is 1. The fraction of sp³-hybridized carbons (Fsp3) is 0.250. The van der Waals surface area contributed by atoms with Crippen LogP contribution in [0.4, 0.5) is 0 Å². The van der Waals surface area contributed by atoms with E-state index in [9.17, 15) is 14.4 Å². The molecule has 0 fully saturated rings. The molecule has 1 aromatic carbocycles. The number of hydrogen-bond acceptors (Lipinski definition) is 4. The Morgan fingerprint density at radius 3 is 2.32 bits per heavy atom. The van der Waals surface area contributed by atoms with Crippen LogP contribution in [-0.2, 0) is 20.8 Å². The van der Waals surface area contributed by atoms with Gasteiger partial charge in [-0.1, -0.05) is 12.1 Å². The number of nitrogens with one attached hydrogen (secondary N) is 2. The molecule has 2 amide bonds. The highest BCUT2D eigenvalue weighted by Crippen LogP contribution is 2.18. The monoisotopic (exact) mass is 282 g/mol. The molecular weight excluding hydrogens is 268 g/mol. The highest BCUT2D eigenvalue weighted by Gasteiger charge is 2.04. The highest BCUT2D eigenvalue weighted by molar-refractivity contribution is 8.00. The third-order valence-electron chi connectivity index (χ3n) is 2.03. The first kappa shape index (κ1) is 15.0. The van der Waals surface area contributed by atoms with Crippen molar-refractivity contribution in [3.8, 4) is 0 Å². The molecule has 0 saturated heterocycles. The van der Waals surface area contributed by atoms with Crippen molar-refractivity contribution in [2.24, 2.45) is 0 Å². The van der Waals surface area contributed by atoms with Crippen LogP contribution in [0.25, 0.3) is 0 Å². The third-order valence-corrected chi connectivity index (χ3v) is 3.04. The first-order chi connectivity index (χ1) is 8.97. The quantitative estimate of drug-likeness (QED) is 0.542. The molecule has 102 valence electrons. The van der Waals surface area contributed by atoms with Gasteiger partial charge in [0.1, 0.15) is 0 Å². The second-order valence-electron chi connectivity index (χ2n) is 3.73. The molecule has 0 unspecified atom stereocenters. The molecule has 0 spiro atoms. The summed E-state index contributed by atoms with van der Waals surface area (Å²) >= 11 is 1.30. The molecule has 0 radical (unpaired) electrons. The highest BCUT2D eigenvalue weighted by atomic mass is 32.2. The zero-order valence-electron chi connectivity index (χ0n) is 10.3. The van der Waals surface area contributed by atoms with Crippen molar-refractivity contribution >= 4 is 29.5 Å². The molecule has 0 aliphatic carbocycles. The van der Waals surface area contributed by atoms with E-state index in [0.717, 1.165) is 4.90 Å². The summed E-state index contributed by atoms with van der Waals surface area (Å²) in [6, 6.07) is 6.94. The summed E-state index contributed by atoms with van der Waals surface area (Å²) in [5, 5.41) is 8.62. The number of thioether (sulfide) groups is 1. The summed E-state index contributed by atoms with van der Waals surface area (Å²) in [6.07, 6.45) is -0.0199. The van der Waals surface area contributed by atoms with Gasteiger partial charge in [-0.25, -0.2) is 0 Å². The zero-order valence-corrected chi connectivity index (χ0v) is 11.1. The largest absolute Gasteiger partial charge is 0.481 e. The molecule has 0 aromatic heterocycles. The van der Waals surface area contributed by atoms with Gasteiger partial charge in [0.15, 0.2) is 0 Å². The molecule has 0 atom stereocenters. The molecule has 0 aliphatic rings. The molecular formula is C12H14N2O4S. The van der Waals surface area contributed by atoms with Crippen LogP contribution in [0.3, 0.4) is 0 Å². The van der Waals surface area contributed by atoms with Crippen LogP contribution in [0.1, 0.15) is 12.5 Å². The van der Waals surface area contributed by atoms with Crippen molar-refractivity contribution in [3.63, 3.8) is 0 Å². The summed E-state index contributed by atoms with van der Waals surface area (Å²) in [7, 11) is 0. The van der Waals surface area contributed by atoms with E-state index in [-0.39, 0.29) is 24.0 Å². The molecule has 1 rings (SSSR count). The first-order valence-electron chi connectivity index (χ1n) is 5.46. The molecule has 0 saturated carbocycles. The minimum absolute atomic E-state index is 0.0199. The predicted molar refractivity (Wildman–Crippen MR) is 70.5 cm³/mol. The van der Waals surface area contributed by atoms with Crippen molar-refractivity contribution in [1.82, 2.24) is 10.9 Å². The van der Waals surface area contributed by atoms with Crippen molar-refractivity contribution in [2.45, 2.75) is 18.2 Å². The first-order valence-corrected chi connectivity index (χ1v) is 6.45. The van der Waals surface area contributed by atoms with Crippen LogP contribution in [0, 0.1) is 0 Å². The number of carboxylic acid groups (broad SMARTS) is 1. The maximum absolute atomic E-state index is 11.3. The van der Waals surface area contributed by atoms with Crippen LogP contribution < -0.4 is 10.9 Å². The molecule has 6 nitrogen and oxygen atoms in total. The Morgan fingerprint density at radius 1 is 1.16 bits per heavy atom. The summed E-state index contributed by atoms with van der Waals surface area (Å²) in [5.74, 6) is -1.36. The van der Waals surface area contributed by atoms with Crippen molar-refractivity contribution in [3.05, 3.63) is 29.8 Å². The van der Waals surface area contributed by atoms with Gasteiger partial charge in [-0.15, -0.1) is 11.8 Å². The Morgan fingerprint density at radius 2 is 1.79 bits per heavy atom. The van der Waals surface area contributed by atoms with Gasteiger partial charge in [0.05, 0.1) is 12.2 Å². The van der Waals surface area contributed by atoms with E-state index in [1.807, 2.05) is 0 Å².